The molecule has 0 unspecified atom stereocenters. The molecule has 0 bridgehead atoms. The Hall–Kier alpha value is -2.74. The molecule has 8 heteroatoms. The monoisotopic (exact) mass is 396 g/mol. The Labute approximate surface area is 162 Å². The number of methoxy groups -OCH3 is 2. The Morgan fingerprint density at radius 2 is 1.68 bits per heavy atom. The van der Waals surface area contributed by atoms with Crippen LogP contribution in [0.4, 0.5) is 18.9 Å². The van der Waals surface area contributed by atoms with E-state index in [1.807, 2.05) is 23.1 Å². The molecule has 0 aliphatic heterocycles. The highest BCUT2D eigenvalue weighted by atomic mass is 19.4. The van der Waals surface area contributed by atoms with Crippen LogP contribution in [-0.2, 0) is 17.4 Å². The van der Waals surface area contributed by atoms with Crippen molar-refractivity contribution in [1.82, 2.24) is 4.90 Å². The van der Waals surface area contributed by atoms with Gasteiger partial charge in [0.2, 0.25) is 5.91 Å². The molecule has 1 amide bonds. The first-order chi connectivity index (χ1) is 13.2. The minimum atomic E-state index is -4.40. The van der Waals surface area contributed by atoms with Crippen molar-refractivity contribution >= 4 is 11.6 Å². The topological polar surface area (TPSA) is 50.8 Å². The molecule has 0 aliphatic carbocycles. The van der Waals surface area contributed by atoms with E-state index in [4.69, 9.17) is 9.47 Å². The smallest absolute Gasteiger partial charge is 0.416 e. The number of amides is 1. The number of carbonyl (C=O) groups excluding carboxylic acids is 1. The highest BCUT2D eigenvalue weighted by Gasteiger charge is 2.29. The number of halogens is 3. The van der Waals surface area contributed by atoms with E-state index in [-0.39, 0.29) is 12.5 Å². The van der Waals surface area contributed by atoms with E-state index in [1.165, 1.54) is 12.1 Å². The van der Waals surface area contributed by atoms with Crippen molar-refractivity contribution in [2.75, 3.05) is 39.7 Å². The van der Waals surface area contributed by atoms with Gasteiger partial charge in [-0.1, -0.05) is 6.07 Å². The van der Waals surface area contributed by atoms with E-state index in [0.717, 1.165) is 17.7 Å². The van der Waals surface area contributed by atoms with E-state index in [9.17, 15) is 18.0 Å². The van der Waals surface area contributed by atoms with Crippen LogP contribution in [0.1, 0.15) is 11.1 Å². The summed E-state index contributed by atoms with van der Waals surface area (Å²) in [6.45, 7) is 0.740. The number of benzene rings is 2. The van der Waals surface area contributed by atoms with Gasteiger partial charge in [0, 0.05) is 12.2 Å². The van der Waals surface area contributed by atoms with Gasteiger partial charge in [-0.3, -0.25) is 9.69 Å². The van der Waals surface area contributed by atoms with Crippen LogP contribution >= 0.6 is 0 Å². The highest BCUT2D eigenvalue weighted by molar-refractivity contribution is 5.92. The molecular formula is C20H23F3N2O3. The van der Waals surface area contributed by atoms with Crippen molar-refractivity contribution < 1.29 is 27.4 Å². The van der Waals surface area contributed by atoms with Crippen molar-refractivity contribution in [2.24, 2.45) is 0 Å². The zero-order chi connectivity index (χ0) is 20.7. The summed E-state index contributed by atoms with van der Waals surface area (Å²) < 4.78 is 48.2. The predicted molar refractivity (Wildman–Crippen MR) is 101 cm³/mol. The summed E-state index contributed by atoms with van der Waals surface area (Å²) >= 11 is 0. The summed E-state index contributed by atoms with van der Waals surface area (Å²) in [4.78, 5) is 13.9. The lowest BCUT2D eigenvalue weighted by Gasteiger charge is -2.17. The third-order valence-corrected chi connectivity index (χ3v) is 4.14. The van der Waals surface area contributed by atoms with E-state index >= 15 is 0 Å². The maximum absolute atomic E-state index is 12.6. The Morgan fingerprint density at radius 1 is 1.04 bits per heavy atom. The first kappa shape index (κ1) is 21.6. The minimum Gasteiger partial charge on any atom is -0.493 e. The molecule has 0 fully saturated rings. The number of anilines is 1. The molecule has 0 heterocycles. The van der Waals surface area contributed by atoms with E-state index in [2.05, 4.69) is 5.32 Å². The van der Waals surface area contributed by atoms with Crippen LogP contribution in [0.25, 0.3) is 0 Å². The third kappa shape index (κ3) is 6.16. The Morgan fingerprint density at radius 3 is 2.25 bits per heavy atom. The van der Waals surface area contributed by atoms with E-state index in [0.29, 0.717) is 30.2 Å². The van der Waals surface area contributed by atoms with Gasteiger partial charge in [0.1, 0.15) is 0 Å². The summed E-state index contributed by atoms with van der Waals surface area (Å²) in [5.41, 5.74) is 0.608. The van der Waals surface area contributed by atoms with Gasteiger partial charge in [0.15, 0.2) is 11.5 Å². The number of nitrogens with zero attached hydrogens (tertiary/aromatic N) is 1. The molecule has 0 saturated carbocycles. The Kier molecular flexibility index (Phi) is 7.28. The fourth-order valence-corrected chi connectivity index (χ4v) is 2.62. The molecule has 2 aromatic carbocycles. The second kappa shape index (κ2) is 9.45. The lowest BCUT2D eigenvalue weighted by molar-refractivity contribution is -0.137. The van der Waals surface area contributed by atoms with E-state index < -0.39 is 11.7 Å². The fraction of sp³-hybridized carbons (Fsp3) is 0.350. The molecule has 0 spiro atoms. The lowest BCUT2D eigenvalue weighted by Crippen LogP contribution is -2.31. The molecule has 0 aromatic heterocycles. The molecule has 2 aromatic rings. The molecule has 28 heavy (non-hydrogen) atoms. The van der Waals surface area contributed by atoms with Crippen LogP contribution in [0.15, 0.2) is 42.5 Å². The van der Waals surface area contributed by atoms with Gasteiger partial charge in [-0.05, 0) is 55.4 Å². The molecule has 1 N–H and O–H groups in total. The van der Waals surface area contributed by atoms with Crippen molar-refractivity contribution in [3.05, 3.63) is 53.6 Å². The van der Waals surface area contributed by atoms with Crippen molar-refractivity contribution in [3.63, 3.8) is 0 Å². The summed E-state index contributed by atoms with van der Waals surface area (Å²) in [5.74, 6) is 0.993. The first-order valence-electron chi connectivity index (χ1n) is 8.59. The molecule has 0 aliphatic rings. The zero-order valence-corrected chi connectivity index (χ0v) is 16.0. The standard InChI is InChI=1S/C20H23F3N2O3/c1-25(11-10-14-4-9-17(27-2)18(12-14)28-3)13-19(26)24-16-7-5-15(6-8-16)20(21,22)23/h4-9,12H,10-11,13H2,1-3H3,(H,24,26). The van der Waals surface area contributed by atoms with E-state index in [1.54, 1.807) is 21.3 Å². The van der Waals surface area contributed by atoms with Crippen LogP contribution < -0.4 is 14.8 Å². The first-order valence-corrected chi connectivity index (χ1v) is 8.59. The highest BCUT2D eigenvalue weighted by Crippen LogP contribution is 2.30. The maximum Gasteiger partial charge on any atom is 0.416 e. The number of hydrogen-bond acceptors (Lipinski definition) is 4. The molecule has 0 radical (unpaired) electrons. The zero-order valence-electron chi connectivity index (χ0n) is 16.0. The molecule has 2 rings (SSSR count). The average Bonchev–Trinajstić information content (AvgIpc) is 2.65. The van der Waals surface area contributed by atoms with Gasteiger partial charge >= 0.3 is 6.18 Å². The van der Waals surface area contributed by atoms with Crippen molar-refractivity contribution in [3.8, 4) is 11.5 Å². The number of nitrogens with one attached hydrogen (secondary N) is 1. The second-order valence-corrected chi connectivity index (χ2v) is 6.30. The summed E-state index contributed by atoms with van der Waals surface area (Å²) in [6.07, 6.45) is -3.70. The summed E-state index contributed by atoms with van der Waals surface area (Å²) in [5, 5.41) is 2.60. The lowest BCUT2D eigenvalue weighted by atomic mass is 10.1. The summed E-state index contributed by atoms with van der Waals surface area (Å²) in [6, 6.07) is 10.00. The number of alkyl halides is 3. The average molecular weight is 396 g/mol. The van der Waals surface area contributed by atoms with Crippen LogP contribution in [0.2, 0.25) is 0 Å². The van der Waals surface area contributed by atoms with Crippen LogP contribution in [0, 0.1) is 0 Å². The largest absolute Gasteiger partial charge is 0.493 e. The number of hydrogen-bond donors (Lipinski definition) is 1. The predicted octanol–water partition coefficient (Wildman–Crippen LogP) is 3.84. The van der Waals surface area contributed by atoms with Gasteiger partial charge in [-0.25, -0.2) is 0 Å². The fourth-order valence-electron chi connectivity index (χ4n) is 2.62. The van der Waals surface area contributed by atoms with Gasteiger partial charge in [-0.2, -0.15) is 13.2 Å². The minimum absolute atomic E-state index is 0.119. The normalized spacial score (nSPS) is 11.4. The Bertz CT molecular complexity index is 792. The molecule has 152 valence electrons. The molecule has 0 atom stereocenters. The Balaban J connectivity index is 1.84. The number of carbonyl (C=O) groups is 1. The van der Waals surface area contributed by atoms with Crippen molar-refractivity contribution in [2.45, 2.75) is 12.6 Å². The number of likely N-dealkylation sites (N-methyl/N-ethyl adjacent to an activating group) is 1. The quantitative estimate of drug-likeness (QED) is 0.737. The van der Waals surface area contributed by atoms with Gasteiger partial charge in [0.25, 0.3) is 0 Å². The second-order valence-electron chi connectivity index (χ2n) is 6.30. The van der Waals surface area contributed by atoms with Gasteiger partial charge in [0.05, 0.1) is 26.3 Å². The summed E-state index contributed by atoms with van der Waals surface area (Å²) in [7, 11) is 4.94. The number of ether oxygens (including phenoxy) is 2. The van der Waals surface area contributed by atoms with Gasteiger partial charge in [-0.15, -0.1) is 0 Å². The van der Waals surface area contributed by atoms with Crippen LogP contribution in [0.5, 0.6) is 11.5 Å². The van der Waals surface area contributed by atoms with Crippen LogP contribution in [-0.4, -0.2) is 45.2 Å². The maximum atomic E-state index is 12.6. The third-order valence-electron chi connectivity index (χ3n) is 4.14. The molecular weight excluding hydrogens is 373 g/mol. The molecule has 5 nitrogen and oxygen atoms in total. The van der Waals surface area contributed by atoms with Gasteiger partial charge < -0.3 is 14.8 Å². The van der Waals surface area contributed by atoms with Crippen molar-refractivity contribution in [1.29, 1.82) is 0 Å². The molecule has 0 saturated heterocycles. The SMILES string of the molecule is COc1ccc(CCN(C)CC(=O)Nc2ccc(C(F)(F)F)cc2)cc1OC. The van der Waals surface area contributed by atoms with Crippen LogP contribution in [0.3, 0.4) is 0 Å². The number of rotatable bonds is 8.